The van der Waals surface area contributed by atoms with Gasteiger partial charge in [0.25, 0.3) is 0 Å². The first-order valence-electron chi connectivity index (χ1n) is 6.29. The first kappa shape index (κ1) is 12.5. The first-order chi connectivity index (χ1) is 9.15. The number of benzene rings is 2. The summed E-state index contributed by atoms with van der Waals surface area (Å²) >= 11 is 0. The fourth-order valence-corrected chi connectivity index (χ4v) is 4.22. The molecular weight excluding hydrogens is 259 g/mol. The summed E-state index contributed by atoms with van der Waals surface area (Å²) in [5, 5.41) is 0.652. The van der Waals surface area contributed by atoms with Gasteiger partial charge >= 0.3 is 7.60 Å². The average Bonchev–Trinajstić information content (AvgIpc) is 2.39. The zero-order chi connectivity index (χ0) is 13.5. The van der Waals surface area contributed by atoms with Crippen LogP contribution in [0.25, 0.3) is 11.1 Å². The lowest BCUT2D eigenvalue weighted by atomic mass is 9.99. The molecule has 0 amide bonds. The SMILES string of the molecule is CCOP1(=O)Oc2cccc(C)c2-c2ccccc21. The molecule has 1 unspecified atom stereocenters. The molecule has 19 heavy (non-hydrogen) atoms. The topological polar surface area (TPSA) is 35.5 Å². The Kier molecular flexibility index (Phi) is 2.96. The number of hydrogen-bond donors (Lipinski definition) is 0. The Bertz CT molecular complexity index is 679. The minimum Gasteiger partial charge on any atom is -0.421 e. The van der Waals surface area contributed by atoms with E-state index in [1.807, 2.05) is 56.3 Å². The number of fused-ring (bicyclic) bond motifs is 3. The lowest BCUT2D eigenvalue weighted by Crippen LogP contribution is -2.19. The van der Waals surface area contributed by atoms with Crippen molar-refractivity contribution in [2.45, 2.75) is 13.8 Å². The third-order valence-electron chi connectivity index (χ3n) is 3.22. The lowest BCUT2D eigenvalue weighted by Gasteiger charge is -2.28. The molecule has 98 valence electrons. The summed E-state index contributed by atoms with van der Waals surface area (Å²) in [6.07, 6.45) is 0. The van der Waals surface area contributed by atoms with E-state index >= 15 is 0 Å². The van der Waals surface area contributed by atoms with Gasteiger partial charge in [0, 0.05) is 11.1 Å². The molecule has 0 aliphatic carbocycles. The Hall–Kier alpha value is -1.57. The van der Waals surface area contributed by atoms with Crippen LogP contribution in [0.1, 0.15) is 12.5 Å². The summed E-state index contributed by atoms with van der Waals surface area (Å²) in [6.45, 7) is 4.19. The predicted molar refractivity (Wildman–Crippen MR) is 76.1 cm³/mol. The van der Waals surface area contributed by atoms with E-state index in [0.717, 1.165) is 16.7 Å². The summed E-state index contributed by atoms with van der Waals surface area (Å²) in [5.74, 6) is 0.635. The molecule has 0 bridgehead atoms. The highest BCUT2D eigenvalue weighted by molar-refractivity contribution is 7.63. The van der Waals surface area contributed by atoms with Gasteiger partial charge < -0.3 is 4.52 Å². The highest BCUT2D eigenvalue weighted by Crippen LogP contribution is 2.55. The Morgan fingerprint density at radius 1 is 1.16 bits per heavy atom. The van der Waals surface area contributed by atoms with E-state index in [0.29, 0.717) is 17.7 Å². The van der Waals surface area contributed by atoms with Crippen LogP contribution in [-0.2, 0) is 9.09 Å². The zero-order valence-corrected chi connectivity index (χ0v) is 11.8. The Morgan fingerprint density at radius 3 is 2.74 bits per heavy atom. The van der Waals surface area contributed by atoms with Gasteiger partial charge in [-0.15, -0.1) is 0 Å². The molecule has 2 aromatic rings. The van der Waals surface area contributed by atoms with E-state index < -0.39 is 7.60 Å². The van der Waals surface area contributed by atoms with Gasteiger partial charge in [0.1, 0.15) is 5.75 Å². The molecule has 3 rings (SSSR count). The Morgan fingerprint density at radius 2 is 1.95 bits per heavy atom. The van der Waals surface area contributed by atoms with Crippen molar-refractivity contribution >= 4 is 12.9 Å². The molecule has 1 heterocycles. The van der Waals surface area contributed by atoms with E-state index in [1.165, 1.54) is 0 Å². The number of rotatable bonds is 2. The summed E-state index contributed by atoms with van der Waals surface area (Å²) in [7, 11) is -3.26. The van der Waals surface area contributed by atoms with Gasteiger partial charge in [0.05, 0.1) is 11.9 Å². The molecule has 0 N–H and O–H groups in total. The average molecular weight is 274 g/mol. The third-order valence-corrected chi connectivity index (χ3v) is 5.24. The Labute approximate surface area is 112 Å². The molecule has 4 heteroatoms. The van der Waals surface area contributed by atoms with E-state index in [2.05, 4.69) is 0 Å². The maximum absolute atomic E-state index is 12.9. The quantitative estimate of drug-likeness (QED) is 0.779. The van der Waals surface area contributed by atoms with Crippen LogP contribution < -0.4 is 9.83 Å². The van der Waals surface area contributed by atoms with Gasteiger partial charge in [-0.3, -0.25) is 4.52 Å². The van der Waals surface area contributed by atoms with Crippen molar-refractivity contribution in [2.24, 2.45) is 0 Å². The van der Waals surface area contributed by atoms with Crippen molar-refractivity contribution in [1.82, 2.24) is 0 Å². The smallest absolute Gasteiger partial charge is 0.411 e. The van der Waals surface area contributed by atoms with Gasteiger partial charge in [0.2, 0.25) is 0 Å². The summed E-state index contributed by atoms with van der Waals surface area (Å²) in [6, 6.07) is 13.3. The molecule has 0 aromatic heterocycles. The van der Waals surface area contributed by atoms with Crippen LogP contribution in [0.5, 0.6) is 5.75 Å². The van der Waals surface area contributed by atoms with Crippen molar-refractivity contribution < 1.29 is 13.6 Å². The van der Waals surface area contributed by atoms with Crippen LogP contribution in [-0.4, -0.2) is 6.61 Å². The van der Waals surface area contributed by atoms with Crippen molar-refractivity contribution in [2.75, 3.05) is 6.61 Å². The predicted octanol–water partition coefficient (Wildman–Crippen LogP) is 3.91. The van der Waals surface area contributed by atoms with Crippen molar-refractivity contribution in [1.29, 1.82) is 0 Å². The number of aryl methyl sites for hydroxylation is 1. The van der Waals surface area contributed by atoms with Gasteiger partial charge in [0.15, 0.2) is 0 Å². The van der Waals surface area contributed by atoms with Gasteiger partial charge in [-0.05, 0) is 31.5 Å². The largest absolute Gasteiger partial charge is 0.421 e. The molecule has 0 saturated heterocycles. The molecule has 1 aliphatic heterocycles. The van der Waals surface area contributed by atoms with Crippen molar-refractivity contribution in [3.8, 4) is 16.9 Å². The third kappa shape index (κ3) is 1.90. The molecule has 3 nitrogen and oxygen atoms in total. The van der Waals surface area contributed by atoms with Crippen LogP contribution in [0.3, 0.4) is 0 Å². The Balaban J connectivity index is 2.30. The minimum absolute atomic E-state index is 0.354. The zero-order valence-electron chi connectivity index (χ0n) is 10.9. The van der Waals surface area contributed by atoms with Crippen LogP contribution in [0.15, 0.2) is 42.5 Å². The van der Waals surface area contributed by atoms with Crippen molar-refractivity contribution in [3.63, 3.8) is 0 Å². The highest BCUT2D eigenvalue weighted by Gasteiger charge is 2.37. The van der Waals surface area contributed by atoms with Crippen LogP contribution in [0.2, 0.25) is 0 Å². The fraction of sp³-hybridized carbons (Fsp3) is 0.200. The van der Waals surface area contributed by atoms with Crippen LogP contribution in [0.4, 0.5) is 0 Å². The maximum Gasteiger partial charge on any atom is 0.411 e. The fourth-order valence-electron chi connectivity index (χ4n) is 2.43. The summed E-state index contributed by atoms with van der Waals surface area (Å²) in [4.78, 5) is 0. The molecule has 1 aliphatic rings. The van der Waals surface area contributed by atoms with Crippen LogP contribution >= 0.6 is 7.60 Å². The van der Waals surface area contributed by atoms with Gasteiger partial charge in [-0.2, -0.15) is 0 Å². The van der Waals surface area contributed by atoms with Gasteiger partial charge in [-0.25, -0.2) is 4.57 Å². The highest BCUT2D eigenvalue weighted by atomic mass is 31.2. The standard InChI is InChI=1S/C15H15O3P/c1-3-17-19(16)14-10-5-4-8-12(14)15-11(2)7-6-9-13(15)18-19/h4-10H,3H2,1-2H3. The molecule has 0 spiro atoms. The second kappa shape index (κ2) is 4.52. The molecule has 2 aromatic carbocycles. The maximum atomic E-state index is 12.9. The summed E-state index contributed by atoms with van der Waals surface area (Å²) < 4.78 is 24.0. The second-order valence-corrected chi connectivity index (χ2v) is 6.39. The first-order valence-corrected chi connectivity index (χ1v) is 7.84. The number of hydrogen-bond acceptors (Lipinski definition) is 3. The normalized spacial score (nSPS) is 20.3. The molecule has 1 atom stereocenters. The summed E-state index contributed by atoms with van der Waals surface area (Å²) in [5.41, 5.74) is 3.05. The molecule has 0 fully saturated rings. The van der Waals surface area contributed by atoms with E-state index in [-0.39, 0.29) is 0 Å². The minimum atomic E-state index is -3.26. The monoisotopic (exact) mass is 274 g/mol. The van der Waals surface area contributed by atoms with Crippen LogP contribution in [0, 0.1) is 6.92 Å². The van der Waals surface area contributed by atoms with E-state index in [1.54, 1.807) is 0 Å². The van der Waals surface area contributed by atoms with Gasteiger partial charge in [-0.1, -0.05) is 30.3 Å². The van der Waals surface area contributed by atoms with Crippen molar-refractivity contribution in [3.05, 3.63) is 48.0 Å². The molecule has 0 saturated carbocycles. The molecular formula is C15H15O3P. The molecule has 0 radical (unpaired) electrons. The van der Waals surface area contributed by atoms with E-state index in [9.17, 15) is 4.57 Å². The van der Waals surface area contributed by atoms with E-state index in [4.69, 9.17) is 9.05 Å². The lowest BCUT2D eigenvalue weighted by molar-refractivity contribution is 0.288. The second-order valence-electron chi connectivity index (χ2n) is 4.47.